The van der Waals surface area contributed by atoms with Crippen LogP contribution in [0.25, 0.3) is 0 Å². The highest BCUT2D eigenvalue weighted by molar-refractivity contribution is 7.99. The molecular formula is C15H18N4S. The molecule has 1 heterocycles. The molecule has 2 saturated carbocycles. The average molecular weight is 286 g/mol. The predicted molar refractivity (Wildman–Crippen MR) is 80.0 cm³/mol. The van der Waals surface area contributed by atoms with Crippen LogP contribution in [0.1, 0.15) is 49.0 Å². The van der Waals surface area contributed by atoms with Gasteiger partial charge < -0.3 is 10.3 Å². The van der Waals surface area contributed by atoms with E-state index in [1.54, 1.807) is 11.8 Å². The Morgan fingerprint density at radius 1 is 1.20 bits per heavy atom. The van der Waals surface area contributed by atoms with Crippen molar-refractivity contribution >= 4 is 17.4 Å². The second-order valence-corrected chi connectivity index (χ2v) is 6.87. The Morgan fingerprint density at radius 2 is 2.00 bits per heavy atom. The molecule has 0 saturated heterocycles. The summed E-state index contributed by atoms with van der Waals surface area (Å²) in [5.41, 5.74) is 8.13. The van der Waals surface area contributed by atoms with Gasteiger partial charge in [-0.15, -0.1) is 10.2 Å². The monoisotopic (exact) mass is 286 g/mol. The molecule has 2 aromatic rings. The molecule has 4 rings (SSSR count). The Bertz CT molecular complexity index is 656. The zero-order chi connectivity index (χ0) is 13.7. The second kappa shape index (κ2) is 4.52. The van der Waals surface area contributed by atoms with Gasteiger partial charge in [0.2, 0.25) is 0 Å². The maximum atomic E-state index is 6.11. The van der Waals surface area contributed by atoms with Gasteiger partial charge >= 0.3 is 0 Å². The number of aromatic nitrogens is 3. The summed E-state index contributed by atoms with van der Waals surface area (Å²) < 4.78 is 2.36. The first-order chi connectivity index (χ1) is 9.72. The minimum Gasteiger partial charge on any atom is -0.398 e. The van der Waals surface area contributed by atoms with Crippen molar-refractivity contribution in [3.05, 3.63) is 29.6 Å². The lowest BCUT2D eigenvalue weighted by Gasteiger charge is -2.09. The van der Waals surface area contributed by atoms with Crippen LogP contribution in [0.5, 0.6) is 0 Å². The van der Waals surface area contributed by atoms with E-state index in [0.29, 0.717) is 12.0 Å². The van der Waals surface area contributed by atoms with Crippen LogP contribution in [-0.2, 0) is 0 Å². The van der Waals surface area contributed by atoms with Crippen LogP contribution in [0.3, 0.4) is 0 Å². The fourth-order valence-electron chi connectivity index (χ4n) is 2.51. The van der Waals surface area contributed by atoms with Crippen molar-refractivity contribution in [1.29, 1.82) is 0 Å². The summed E-state index contributed by atoms with van der Waals surface area (Å²) >= 11 is 1.65. The van der Waals surface area contributed by atoms with Crippen molar-refractivity contribution in [1.82, 2.24) is 14.8 Å². The van der Waals surface area contributed by atoms with E-state index in [4.69, 9.17) is 5.73 Å². The molecule has 2 fully saturated rings. The van der Waals surface area contributed by atoms with Gasteiger partial charge in [0.1, 0.15) is 5.82 Å². The third-order valence-electron chi connectivity index (χ3n) is 3.91. The van der Waals surface area contributed by atoms with Gasteiger partial charge in [-0.25, -0.2) is 0 Å². The molecule has 20 heavy (non-hydrogen) atoms. The van der Waals surface area contributed by atoms with E-state index in [9.17, 15) is 0 Å². The molecule has 104 valence electrons. The van der Waals surface area contributed by atoms with Gasteiger partial charge in [0, 0.05) is 22.5 Å². The van der Waals surface area contributed by atoms with Gasteiger partial charge in [-0.05, 0) is 62.1 Å². The fourth-order valence-corrected chi connectivity index (χ4v) is 3.45. The van der Waals surface area contributed by atoms with Crippen molar-refractivity contribution in [3.8, 4) is 0 Å². The first kappa shape index (κ1) is 12.3. The number of aryl methyl sites for hydroxylation is 1. The van der Waals surface area contributed by atoms with Crippen LogP contribution in [0, 0.1) is 6.92 Å². The lowest BCUT2D eigenvalue weighted by Crippen LogP contribution is -2.02. The molecule has 0 atom stereocenters. The maximum Gasteiger partial charge on any atom is 0.196 e. The molecule has 0 unspecified atom stereocenters. The van der Waals surface area contributed by atoms with Crippen LogP contribution in [0.4, 0.5) is 5.69 Å². The third kappa shape index (κ3) is 2.20. The van der Waals surface area contributed by atoms with E-state index >= 15 is 0 Å². The van der Waals surface area contributed by atoms with Gasteiger partial charge in [0.25, 0.3) is 0 Å². The minimum atomic E-state index is 0.620. The summed E-state index contributed by atoms with van der Waals surface area (Å²) in [7, 11) is 0. The third-order valence-corrected chi connectivity index (χ3v) is 4.96. The SMILES string of the molecule is Cc1ccc(Sc2nnc(C3CC3)n2C2CC2)c(N)c1. The highest BCUT2D eigenvalue weighted by atomic mass is 32.2. The largest absolute Gasteiger partial charge is 0.398 e. The summed E-state index contributed by atoms with van der Waals surface area (Å²) in [5.74, 6) is 1.84. The lowest BCUT2D eigenvalue weighted by atomic mass is 10.2. The maximum absolute atomic E-state index is 6.11. The van der Waals surface area contributed by atoms with Crippen LogP contribution in [0.15, 0.2) is 28.3 Å². The molecule has 5 heteroatoms. The number of nitrogens with two attached hydrogens (primary N) is 1. The highest BCUT2D eigenvalue weighted by Gasteiger charge is 2.36. The smallest absolute Gasteiger partial charge is 0.196 e. The van der Waals surface area contributed by atoms with Crippen molar-refractivity contribution in [2.24, 2.45) is 0 Å². The molecule has 0 radical (unpaired) electrons. The molecular weight excluding hydrogens is 268 g/mol. The molecule has 2 N–H and O–H groups in total. The number of benzene rings is 1. The molecule has 0 spiro atoms. The fraction of sp³-hybridized carbons (Fsp3) is 0.467. The first-order valence-electron chi connectivity index (χ1n) is 7.21. The Labute approximate surface area is 122 Å². The first-order valence-corrected chi connectivity index (χ1v) is 8.03. The van der Waals surface area contributed by atoms with Crippen molar-refractivity contribution in [2.75, 3.05) is 5.73 Å². The predicted octanol–water partition coefficient (Wildman–Crippen LogP) is 3.53. The topological polar surface area (TPSA) is 56.7 Å². The molecule has 1 aromatic heterocycles. The highest BCUT2D eigenvalue weighted by Crippen LogP contribution is 2.47. The summed E-state index contributed by atoms with van der Waals surface area (Å²) in [6.45, 7) is 2.06. The number of rotatable bonds is 4. The van der Waals surface area contributed by atoms with Crippen LogP contribution in [-0.4, -0.2) is 14.8 Å². The van der Waals surface area contributed by atoms with E-state index in [1.807, 2.05) is 6.07 Å². The van der Waals surface area contributed by atoms with E-state index in [0.717, 1.165) is 15.7 Å². The molecule has 0 bridgehead atoms. The van der Waals surface area contributed by atoms with Gasteiger partial charge in [0.15, 0.2) is 5.16 Å². The number of hydrogen-bond donors (Lipinski definition) is 1. The van der Waals surface area contributed by atoms with Gasteiger partial charge in [-0.3, -0.25) is 0 Å². The molecule has 2 aliphatic rings. The van der Waals surface area contributed by atoms with Crippen molar-refractivity contribution < 1.29 is 0 Å². The number of nitrogens with zero attached hydrogens (tertiary/aromatic N) is 3. The summed E-state index contributed by atoms with van der Waals surface area (Å²) in [5, 5.41) is 9.86. The van der Waals surface area contributed by atoms with E-state index in [-0.39, 0.29) is 0 Å². The van der Waals surface area contributed by atoms with Crippen LogP contribution >= 0.6 is 11.8 Å². The number of anilines is 1. The summed E-state index contributed by atoms with van der Waals surface area (Å²) in [6, 6.07) is 6.81. The standard InChI is InChI=1S/C15H18N4S/c1-9-2-7-13(12(16)8-9)20-15-18-17-14(10-3-4-10)19(15)11-5-6-11/h2,7-8,10-11H,3-6,16H2,1H3. The van der Waals surface area contributed by atoms with E-state index in [2.05, 4.69) is 33.8 Å². The Kier molecular flexibility index (Phi) is 2.77. The van der Waals surface area contributed by atoms with E-state index in [1.165, 1.54) is 37.1 Å². The zero-order valence-electron chi connectivity index (χ0n) is 11.5. The van der Waals surface area contributed by atoms with Crippen LogP contribution in [0.2, 0.25) is 0 Å². The minimum absolute atomic E-state index is 0.620. The average Bonchev–Trinajstić information content (AvgIpc) is 3.31. The Hall–Kier alpha value is -1.49. The molecule has 0 amide bonds. The van der Waals surface area contributed by atoms with Crippen molar-refractivity contribution in [3.63, 3.8) is 0 Å². The summed E-state index contributed by atoms with van der Waals surface area (Å²) in [4.78, 5) is 1.08. The molecule has 4 nitrogen and oxygen atoms in total. The normalized spacial score (nSPS) is 18.4. The van der Waals surface area contributed by atoms with E-state index < -0.39 is 0 Å². The summed E-state index contributed by atoms with van der Waals surface area (Å²) in [6.07, 6.45) is 5.05. The Morgan fingerprint density at radius 3 is 2.65 bits per heavy atom. The van der Waals surface area contributed by atoms with Gasteiger partial charge in [-0.1, -0.05) is 6.07 Å². The number of hydrogen-bond acceptors (Lipinski definition) is 4. The zero-order valence-corrected chi connectivity index (χ0v) is 12.4. The number of nitrogen functional groups attached to an aromatic ring is 1. The van der Waals surface area contributed by atoms with Crippen molar-refractivity contribution in [2.45, 2.75) is 54.6 Å². The molecule has 2 aliphatic carbocycles. The lowest BCUT2D eigenvalue weighted by molar-refractivity contribution is 0.627. The van der Waals surface area contributed by atoms with Gasteiger partial charge in [-0.2, -0.15) is 0 Å². The Balaban J connectivity index is 1.68. The quantitative estimate of drug-likeness (QED) is 0.874. The molecule has 0 aliphatic heterocycles. The second-order valence-electron chi connectivity index (χ2n) is 5.86. The van der Waals surface area contributed by atoms with Crippen LogP contribution < -0.4 is 5.73 Å². The molecule has 1 aromatic carbocycles. The van der Waals surface area contributed by atoms with Gasteiger partial charge in [0.05, 0.1) is 0 Å².